The predicted molar refractivity (Wildman–Crippen MR) is 94.4 cm³/mol. The fourth-order valence-electron chi connectivity index (χ4n) is 3.92. The topological polar surface area (TPSA) is 23.6 Å². The van der Waals surface area contributed by atoms with E-state index in [2.05, 4.69) is 4.90 Å². The third kappa shape index (κ3) is 4.56. The normalized spacial score (nSPS) is 22.1. The van der Waals surface area contributed by atoms with Crippen LogP contribution in [-0.2, 0) is 11.2 Å². The molecule has 0 N–H and O–H groups in total. The third-order valence-corrected chi connectivity index (χ3v) is 5.49. The Kier molecular flexibility index (Phi) is 5.88. The quantitative estimate of drug-likeness (QED) is 0.825. The van der Waals surface area contributed by atoms with E-state index in [4.69, 9.17) is 0 Å². The molecular formula is C20H29FN2O. The highest BCUT2D eigenvalue weighted by Crippen LogP contribution is 2.22. The van der Waals surface area contributed by atoms with Crippen molar-refractivity contribution in [1.82, 2.24) is 9.80 Å². The molecule has 1 aromatic carbocycles. The second-order valence-electron chi connectivity index (χ2n) is 7.43. The monoisotopic (exact) mass is 332 g/mol. The Morgan fingerprint density at radius 2 is 2.00 bits per heavy atom. The summed E-state index contributed by atoms with van der Waals surface area (Å²) < 4.78 is 13.7. The van der Waals surface area contributed by atoms with Crippen LogP contribution in [0.2, 0.25) is 0 Å². The largest absolute Gasteiger partial charge is 0.342 e. The molecule has 1 atom stereocenters. The van der Waals surface area contributed by atoms with Gasteiger partial charge in [-0.05, 0) is 68.8 Å². The van der Waals surface area contributed by atoms with Crippen LogP contribution in [0.15, 0.2) is 18.2 Å². The second kappa shape index (κ2) is 8.11. The van der Waals surface area contributed by atoms with Gasteiger partial charge in [-0.25, -0.2) is 4.39 Å². The Morgan fingerprint density at radius 3 is 2.75 bits per heavy atom. The third-order valence-electron chi connectivity index (χ3n) is 5.49. The van der Waals surface area contributed by atoms with Gasteiger partial charge in [-0.2, -0.15) is 0 Å². The van der Waals surface area contributed by atoms with Crippen molar-refractivity contribution < 1.29 is 9.18 Å². The number of rotatable bonds is 5. The highest BCUT2D eigenvalue weighted by atomic mass is 19.1. The van der Waals surface area contributed by atoms with Crippen molar-refractivity contribution >= 4 is 5.91 Å². The van der Waals surface area contributed by atoms with Gasteiger partial charge >= 0.3 is 0 Å². The van der Waals surface area contributed by atoms with Crippen molar-refractivity contribution in [3.63, 3.8) is 0 Å². The number of benzene rings is 1. The molecule has 0 bridgehead atoms. The van der Waals surface area contributed by atoms with E-state index in [1.165, 1.54) is 19.3 Å². The maximum absolute atomic E-state index is 13.7. The van der Waals surface area contributed by atoms with Gasteiger partial charge in [-0.15, -0.1) is 0 Å². The first kappa shape index (κ1) is 17.4. The van der Waals surface area contributed by atoms with Gasteiger partial charge in [-0.1, -0.05) is 18.6 Å². The maximum atomic E-state index is 13.7. The summed E-state index contributed by atoms with van der Waals surface area (Å²) in [7, 11) is 0. The van der Waals surface area contributed by atoms with E-state index < -0.39 is 0 Å². The lowest BCUT2D eigenvalue weighted by atomic mass is 9.98. The van der Waals surface area contributed by atoms with E-state index in [0.717, 1.165) is 51.1 Å². The number of hydrogen-bond donors (Lipinski definition) is 0. The summed E-state index contributed by atoms with van der Waals surface area (Å²) in [4.78, 5) is 16.9. The van der Waals surface area contributed by atoms with Gasteiger partial charge in [0.25, 0.3) is 0 Å². The zero-order chi connectivity index (χ0) is 16.9. The molecular weight excluding hydrogens is 303 g/mol. The molecule has 3 rings (SSSR count). The van der Waals surface area contributed by atoms with Gasteiger partial charge in [0.1, 0.15) is 5.82 Å². The Bertz CT molecular complexity index is 569. The van der Waals surface area contributed by atoms with Gasteiger partial charge in [0.2, 0.25) is 5.91 Å². The summed E-state index contributed by atoms with van der Waals surface area (Å²) in [5, 5.41) is 0. The van der Waals surface area contributed by atoms with E-state index in [9.17, 15) is 9.18 Å². The summed E-state index contributed by atoms with van der Waals surface area (Å²) in [6.07, 6.45) is 6.42. The summed E-state index contributed by atoms with van der Waals surface area (Å²) >= 11 is 0. The summed E-state index contributed by atoms with van der Waals surface area (Å²) in [5.41, 5.74) is 1.74. The minimum atomic E-state index is -0.125. The fourth-order valence-corrected chi connectivity index (χ4v) is 3.92. The van der Waals surface area contributed by atoms with E-state index in [0.29, 0.717) is 17.9 Å². The van der Waals surface area contributed by atoms with Gasteiger partial charge in [0.15, 0.2) is 0 Å². The molecule has 1 unspecified atom stereocenters. The first-order chi connectivity index (χ1) is 11.6. The van der Waals surface area contributed by atoms with Crippen LogP contribution in [0.25, 0.3) is 0 Å². The van der Waals surface area contributed by atoms with Crippen LogP contribution in [0, 0.1) is 18.7 Å². The number of halogens is 1. The number of aryl methyl sites for hydroxylation is 1. The number of hydrogen-bond acceptors (Lipinski definition) is 2. The molecule has 0 aliphatic carbocycles. The van der Waals surface area contributed by atoms with Crippen molar-refractivity contribution in [2.75, 3.05) is 32.7 Å². The molecule has 3 nitrogen and oxygen atoms in total. The number of carbonyl (C=O) groups is 1. The van der Waals surface area contributed by atoms with Gasteiger partial charge < -0.3 is 9.80 Å². The first-order valence-electron chi connectivity index (χ1n) is 9.37. The smallest absolute Gasteiger partial charge is 0.223 e. The molecule has 2 aliphatic heterocycles. The lowest BCUT2D eigenvalue weighted by Crippen LogP contribution is -2.35. The molecule has 1 amide bonds. The molecule has 1 aromatic rings. The first-order valence-corrected chi connectivity index (χ1v) is 9.37. The summed E-state index contributed by atoms with van der Waals surface area (Å²) in [6.45, 7) is 6.68. The highest BCUT2D eigenvalue weighted by molar-refractivity contribution is 5.76. The van der Waals surface area contributed by atoms with Crippen molar-refractivity contribution in [3.8, 4) is 0 Å². The van der Waals surface area contributed by atoms with Gasteiger partial charge in [0, 0.05) is 26.1 Å². The minimum Gasteiger partial charge on any atom is -0.342 e. The van der Waals surface area contributed by atoms with Crippen molar-refractivity contribution in [1.29, 1.82) is 0 Å². The lowest BCUT2D eigenvalue weighted by Gasteiger charge is -2.27. The minimum absolute atomic E-state index is 0.125. The van der Waals surface area contributed by atoms with Crippen molar-refractivity contribution in [2.24, 2.45) is 5.92 Å². The van der Waals surface area contributed by atoms with E-state index in [1.807, 2.05) is 17.0 Å². The maximum Gasteiger partial charge on any atom is 0.223 e. The standard InChI is InChI=1S/C20H29FN2O/c1-16-5-6-17(14-19(16)21)13-18-7-12-23(15-18)20(24)8-11-22-9-3-2-4-10-22/h5-6,14,18H,2-4,7-13,15H2,1H3. The van der Waals surface area contributed by atoms with E-state index in [-0.39, 0.29) is 11.7 Å². The van der Waals surface area contributed by atoms with Crippen LogP contribution in [0.1, 0.15) is 43.2 Å². The predicted octanol–water partition coefficient (Wildman–Crippen LogP) is 3.40. The summed E-state index contributed by atoms with van der Waals surface area (Å²) in [6, 6.07) is 5.51. The molecule has 0 saturated carbocycles. The Labute approximate surface area is 144 Å². The Morgan fingerprint density at radius 1 is 1.21 bits per heavy atom. The van der Waals surface area contributed by atoms with Crippen LogP contribution in [0.3, 0.4) is 0 Å². The molecule has 24 heavy (non-hydrogen) atoms. The number of likely N-dealkylation sites (tertiary alicyclic amines) is 2. The van der Waals surface area contributed by atoms with Crippen molar-refractivity contribution in [2.45, 2.75) is 45.4 Å². The van der Waals surface area contributed by atoms with Crippen LogP contribution < -0.4 is 0 Å². The molecule has 2 fully saturated rings. The molecule has 4 heteroatoms. The number of piperidine rings is 1. The Hall–Kier alpha value is -1.42. The molecule has 2 heterocycles. The van der Waals surface area contributed by atoms with E-state index in [1.54, 1.807) is 13.0 Å². The molecule has 0 radical (unpaired) electrons. The number of carbonyl (C=O) groups excluding carboxylic acids is 1. The average Bonchev–Trinajstić information content (AvgIpc) is 3.05. The van der Waals surface area contributed by atoms with Gasteiger partial charge in [0.05, 0.1) is 0 Å². The average molecular weight is 332 g/mol. The van der Waals surface area contributed by atoms with Crippen molar-refractivity contribution in [3.05, 3.63) is 35.1 Å². The molecule has 0 aromatic heterocycles. The van der Waals surface area contributed by atoms with Crippen LogP contribution in [0.4, 0.5) is 4.39 Å². The second-order valence-corrected chi connectivity index (χ2v) is 7.43. The number of amides is 1. The fraction of sp³-hybridized carbons (Fsp3) is 0.650. The van der Waals surface area contributed by atoms with Crippen LogP contribution in [-0.4, -0.2) is 48.4 Å². The SMILES string of the molecule is Cc1ccc(CC2CCN(C(=O)CCN3CCCCC3)C2)cc1F. The summed E-state index contributed by atoms with van der Waals surface area (Å²) in [5.74, 6) is 0.629. The zero-order valence-electron chi connectivity index (χ0n) is 14.8. The molecule has 132 valence electrons. The highest BCUT2D eigenvalue weighted by Gasteiger charge is 2.26. The van der Waals surface area contributed by atoms with Crippen LogP contribution in [0.5, 0.6) is 0 Å². The van der Waals surface area contributed by atoms with E-state index >= 15 is 0 Å². The van der Waals surface area contributed by atoms with Crippen LogP contribution >= 0.6 is 0 Å². The molecule has 0 spiro atoms. The zero-order valence-corrected chi connectivity index (χ0v) is 14.8. The Balaban J connectivity index is 1.44. The number of nitrogens with zero attached hydrogens (tertiary/aromatic N) is 2. The molecule has 2 aliphatic rings. The lowest BCUT2D eigenvalue weighted by molar-refractivity contribution is -0.130. The van der Waals surface area contributed by atoms with Gasteiger partial charge in [-0.3, -0.25) is 4.79 Å². The molecule has 2 saturated heterocycles.